The van der Waals surface area contributed by atoms with E-state index in [1.165, 1.54) is 7.11 Å². The molecule has 5 nitrogen and oxygen atoms in total. The number of unbranched alkanes of at least 4 members (excludes halogenated alkanes) is 2. The Morgan fingerprint density at radius 1 is 1.28 bits per heavy atom. The zero-order valence-electron chi connectivity index (χ0n) is 12.0. The van der Waals surface area contributed by atoms with Gasteiger partial charge in [0.05, 0.1) is 19.7 Å². The molecule has 0 aromatic heterocycles. The van der Waals surface area contributed by atoms with Crippen molar-refractivity contribution < 1.29 is 14.3 Å². The molecule has 0 spiro atoms. The summed E-state index contributed by atoms with van der Waals surface area (Å²) in [5.74, 6) is -0.348. The first-order chi connectivity index (χ1) is 8.56. The van der Waals surface area contributed by atoms with Crippen molar-refractivity contribution in [2.45, 2.75) is 46.1 Å². The maximum Gasteiger partial charge on any atom is 0.319 e. The van der Waals surface area contributed by atoms with E-state index >= 15 is 0 Å². The molecule has 0 rings (SSSR count). The summed E-state index contributed by atoms with van der Waals surface area (Å²) < 4.78 is 4.61. The molecule has 0 fully saturated rings. The van der Waals surface area contributed by atoms with Gasteiger partial charge in [-0.3, -0.25) is 14.5 Å². The molecule has 1 N–H and O–H groups in total. The van der Waals surface area contributed by atoms with Gasteiger partial charge in [0.1, 0.15) is 0 Å². The molecule has 5 heteroatoms. The lowest BCUT2D eigenvalue weighted by Gasteiger charge is -2.25. The summed E-state index contributed by atoms with van der Waals surface area (Å²) in [5.41, 5.74) is 0. The fourth-order valence-corrected chi connectivity index (χ4v) is 1.65. The first-order valence-electron chi connectivity index (χ1n) is 6.65. The topological polar surface area (TPSA) is 58.6 Å². The largest absolute Gasteiger partial charge is 0.468 e. The molecule has 0 aliphatic carbocycles. The van der Waals surface area contributed by atoms with Gasteiger partial charge in [0.25, 0.3) is 0 Å². The van der Waals surface area contributed by atoms with Crippen LogP contribution in [-0.2, 0) is 14.3 Å². The SMILES string of the molecule is CCCCCNC(=O)C(C)N(CC)CC(=O)OC. The van der Waals surface area contributed by atoms with Crippen molar-refractivity contribution >= 4 is 11.9 Å². The fraction of sp³-hybridized carbons (Fsp3) is 0.846. The standard InChI is InChI=1S/C13H26N2O3/c1-5-7-8-9-14-13(17)11(3)15(6-2)10-12(16)18-4/h11H,5-10H2,1-4H3,(H,14,17). The number of ether oxygens (including phenoxy) is 1. The highest BCUT2D eigenvalue weighted by molar-refractivity contribution is 5.82. The monoisotopic (exact) mass is 258 g/mol. The van der Waals surface area contributed by atoms with E-state index in [0.29, 0.717) is 13.1 Å². The Bertz CT molecular complexity index is 257. The average molecular weight is 258 g/mol. The van der Waals surface area contributed by atoms with Gasteiger partial charge in [0.2, 0.25) is 5.91 Å². The van der Waals surface area contributed by atoms with Crippen LogP contribution in [0.15, 0.2) is 0 Å². The predicted molar refractivity (Wildman–Crippen MR) is 71.3 cm³/mol. The van der Waals surface area contributed by atoms with Gasteiger partial charge in [-0.15, -0.1) is 0 Å². The number of nitrogens with one attached hydrogen (secondary N) is 1. The number of esters is 1. The van der Waals surface area contributed by atoms with Crippen molar-refractivity contribution in [1.82, 2.24) is 10.2 Å². The maximum atomic E-state index is 11.9. The molecule has 1 amide bonds. The molecule has 18 heavy (non-hydrogen) atoms. The van der Waals surface area contributed by atoms with Crippen LogP contribution >= 0.6 is 0 Å². The number of carbonyl (C=O) groups excluding carboxylic acids is 2. The summed E-state index contributed by atoms with van der Waals surface area (Å²) in [6.07, 6.45) is 3.25. The van der Waals surface area contributed by atoms with Crippen LogP contribution in [0, 0.1) is 0 Å². The molecular weight excluding hydrogens is 232 g/mol. The zero-order chi connectivity index (χ0) is 14.0. The van der Waals surface area contributed by atoms with Gasteiger partial charge >= 0.3 is 5.97 Å². The molecule has 0 aliphatic heterocycles. The van der Waals surface area contributed by atoms with Crippen LogP contribution in [0.2, 0.25) is 0 Å². The first kappa shape index (κ1) is 16.9. The quantitative estimate of drug-likeness (QED) is 0.498. The lowest BCUT2D eigenvalue weighted by molar-refractivity contribution is -0.143. The minimum absolute atomic E-state index is 0.0307. The zero-order valence-corrected chi connectivity index (χ0v) is 12.0. The van der Waals surface area contributed by atoms with Crippen molar-refractivity contribution in [2.75, 3.05) is 26.7 Å². The summed E-state index contributed by atoms with van der Waals surface area (Å²) >= 11 is 0. The van der Waals surface area contributed by atoms with Gasteiger partial charge in [0.15, 0.2) is 0 Å². The van der Waals surface area contributed by atoms with Gasteiger partial charge < -0.3 is 10.1 Å². The van der Waals surface area contributed by atoms with Gasteiger partial charge in [-0.1, -0.05) is 26.7 Å². The molecule has 0 saturated heterocycles. The van der Waals surface area contributed by atoms with Crippen molar-refractivity contribution in [2.24, 2.45) is 0 Å². The molecule has 0 saturated carbocycles. The Morgan fingerprint density at radius 3 is 2.44 bits per heavy atom. The number of carbonyl (C=O) groups is 2. The lowest BCUT2D eigenvalue weighted by atomic mass is 10.2. The Labute approximate surface area is 110 Å². The molecule has 0 heterocycles. The number of likely N-dealkylation sites (N-methyl/N-ethyl adjacent to an activating group) is 1. The highest BCUT2D eigenvalue weighted by atomic mass is 16.5. The molecule has 0 aliphatic rings. The van der Waals surface area contributed by atoms with Crippen LogP contribution in [0.25, 0.3) is 0 Å². The Balaban J connectivity index is 4.10. The summed E-state index contributed by atoms with van der Waals surface area (Å²) in [7, 11) is 1.35. The van der Waals surface area contributed by atoms with Crippen LogP contribution < -0.4 is 5.32 Å². The third kappa shape index (κ3) is 6.59. The number of rotatable bonds is 9. The average Bonchev–Trinajstić information content (AvgIpc) is 2.39. The second-order valence-electron chi connectivity index (χ2n) is 4.31. The van der Waals surface area contributed by atoms with Crippen LogP contribution in [-0.4, -0.2) is 49.6 Å². The molecule has 0 aromatic rings. The first-order valence-corrected chi connectivity index (χ1v) is 6.65. The summed E-state index contributed by atoms with van der Waals surface area (Å²) in [6.45, 7) is 7.34. The summed E-state index contributed by atoms with van der Waals surface area (Å²) in [6, 6.07) is -0.310. The highest BCUT2D eigenvalue weighted by Gasteiger charge is 2.21. The van der Waals surface area contributed by atoms with E-state index < -0.39 is 0 Å². The van der Waals surface area contributed by atoms with E-state index in [1.807, 2.05) is 13.8 Å². The third-order valence-corrected chi connectivity index (χ3v) is 2.97. The van der Waals surface area contributed by atoms with Crippen LogP contribution in [0.4, 0.5) is 0 Å². The van der Waals surface area contributed by atoms with Gasteiger partial charge in [0, 0.05) is 6.54 Å². The van der Waals surface area contributed by atoms with E-state index in [0.717, 1.165) is 19.3 Å². The van der Waals surface area contributed by atoms with Crippen molar-refractivity contribution in [3.8, 4) is 0 Å². The van der Waals surface area contributed by atoms with Gasteiger partial charge in [-0.25, -0.2) is 0 Å². The third-order valence-electron chi connectivity index (χ3n) is 2.97. The second-order valence-corrected chi connectivity index (χ2v) is 4.31. The van der Waals surface area contributed by atoms with Crippen LogP contribution in [0.5, 0.6) is 0 Å². The minimum atomic E-state index is -0.317. The van der Waals surface area contributed by atoms with Gasteiger partial charge in [-0.05, 0) is 19.9 Å². The molecular formula is C13H26N2O3. The lowest BCUT2D eigenvalue weighted by Crippen LogP contribution is -2.47. The van der Waals surface area contributed by atoms with E-state index in [-0.39, 0.29) is 24.5 Å². The minimum Gasteiger partial charge on any atom is -0.468 e. The Morgan fingerprint density at radius 2 is 1.94 bits per heavy atom. The number of methoxy groups -OCH3 is 1. The second kappa shape index (κ2) is 9.88. The maximum absolute atomic E-state index is 11.9. The highest BCUT2D eigenvalue weighted by Crippen LogP contribution is 2.00. The molecule has 0 aromatic carbocycles. The normalized spacial score (nSPS) is 12.3. The van der Waals surface area contributed by atoms with Crippen molar-refractivity contribution in [3.63, 3.8) is 0 Å². The van der Waals surface area contributed by atoms with E-state index in [9.17, 15) is 9.59 Å². The van der Waals surface area contributed by atoms with E-state index in [4.69, 9.17) is 0 Å². The fourth-order valence-electron chi connectivity index (χ4n) is 1.65. The Kier molecular flexibility index (Phi) is 9.28. The molecule has 0 bridgehead atoms. The molecule has 106 valence electrons. The number of hydrogen-bond acceptors (Lipinski definition) is 4. The Hall–Kier alpha value is -1.10. The van der Waals surface area contributed by atoms with Gasteiger partial charge in [-0.2, -0.15) is 0 Å². The number of hydrogen-bond donors (Lipinski definition) is 1. The number of amides is 1. The summed E-state index contributed by atoms with van der Waals surface area (Å²) in [4.78, 5) is 24.9. The van der Waals surface area contributed by atoms with Crippen LogP contribution in [0.3, 0.4) is 0 Å². The smallest absolute Gasteiger partial charge is 0.319 e. The van der Waals surface area contributed by atoms with E-state index in [1.54, 1.807) is 4.90 Å². The van der Waals surface area contributed by atoms with Crippen molar-refractivity contribution in [1.29, 1.82) is 0 Å². The summed E-state index contributed by atoms with van der Waals surface area (Å²) in [5, 5.41) is 2.89. The van der Waals surface area contributed by atoms with Crippen LogP contribution in [0.1, 0.15) is 40.0 Å². The number of nitrogens with zero attached hydrogens (tertiary/aromatic N) is 1. The molecule has 0 radical (unpaired) electrons. The predicted octanol–water partition coefficient (Wildman–Crippen LogP) is 1.18. The van der Waals surface area contributed by atoms with Crippen molar-refractivity contribution in [3.05, 3.63) is 0 Å². The van der Waals surface area contributed by atoms with E-state index in [2.05, 4.69) is 17.0 Å². The molecule has 1 unspecified atom stereocenters. The molecule has 1 atom stereocenters.